The number of hydrogen-bond donors (Lipinski definition) is 0. The molecule has 0 N–H and O–H groups in total. The average Bonchev–Trinajstić information content (AvgIpc) is 2.35. The van der Waals surface area contributed by atoms with E-state index in [0.717, 1.165) is 10.7 Å². The molecule has 0 saturated carbocycles. The van der Waals surface area contributed by atoms with Crippen LogP contribution in [0.5, 0.6) is 0 Å². The highest BCUT2D eigenvalue weighted by molar-refractivity contribution is 7.09. The summed E-state index contributed by atoms with van der Waals surface area (Å²) in [6.07, 6.45) is 0.377. The molecule has 0 radical (unpaired) electrons. The molecule has 11 heavy (non-hydrogen) atoms. The van der Waals surface area contributed by atoms with E-state index in [1.54, 1.807) is 0 Å². The lowest BCUT2D eigenvalue weighted by Crippen LogP contribution is -2.02. The maximum atomic E-state index is 10.8. The molecule has 1 aromatic heterocycles. The van der Waals surface area contributed by atoms with Gasteiger partial charge in [0.05, 0.1) is 12.3 Å². The van der Waals surface area contributed by atoms with Crippen molar-refractivity contribution in [3.8, 4) is 0 Å². The third-order valence-corrected chi connectivity index (χ3v) is 2.43. The Hall–Kier alpha value is -0.410. The van der Waals surface area contributed by atoms with Crippen molar-refractivity contribution in [1.82, 2.24) is 4.98 Å². The van der Waals surface area contributed by atoms with Gasteiger partial charge in [-0.2, -0.15) is 0 Å². The zero-order valence-corrected chi connectivity index (χ0v) is 7.71. The van der Waals surface area contributed by atoms with Crippen molar-refractivity contribution in [3.63, 3.8) is 0 Å². The first kappa shape index (κ1) is 8.68. The quantitative estimate of drug-likeness (QED) is 0.679. The van der Waals surface area contributed by atoms with Gasteiger partial charge in [0.1, 0.15) is 5.01 Å². The summed E-state index contributed by atoms with van der Waals surface area (Å²) < 4.78 is 0. The number of aryl methyl sites for hydroxylation is 1. The average molecular weight is 190 g/mol. The summed E-state index contributed by atoms with van der Waals surface area (Å²) in [6.45, 7) is 1.91. The van der Waals surface area contributed by atoms with Gasteiger partial charge in [-0.1, -0.05) is 0 Å². The van der Waals surface area contributed by atoms with E-state index in [1.807, 2.05) is 12.3 Å². The van der Waals surface area contributed by atoms with E-state index in [-0.39, 0.29) is 11.7 Å². The molecule has 0 aromatic carbocycles. The molecule has 0 atom stereocenters. The number of halogens is 1. The van der Waals surface area contributed by atoms with E-state index in [0.29, 0.717) is 6.42 Å². The summed E-state index contributed by atoms with van der Waals surface area (Å²) in [5, 5.41) is 2.78. The lowest BCUT2D eigenvalue weighted by atomic mass is 10.3. The molecule has 1 heterocycles. The molecule has 0 fully saturated rings. The number of hydrogen-bond acceptors (Lipinski definition) is 3. The minimum atomic E-state index is 0.0287. The van der Waals surface area contributed by atoms with Crippen LogP contribution in [0.1, 0.15) is 10.7 Å². The van der Waals surface area contributed by atoms with Crippen LogP contribution in [0, 0.1) is 6.92 Å². The smallest absolute Gasteiger partial charge is 0.154 e. The first-order valence-electron chi connectivity index (χ1n) is 3.21. The van der Waals surface area contributed by atoms with Crippen molar-refractivity contribution in [2.24, 2.45) is 0 Å². The summed E-state index contributed by atoms with van der Waals surface area (Å²) in [4.78, 5) is 15.0. The Morgan fingerprint density at radius 2 is 2.55 bits per heavy atom. The molecular weight excluding hydrogens is 182 g/mol. The molecule has 1 rings (SSSR count). The van der Waals surface area contributed by atoms with Crippen LogP contribution < -0.4 is 0 Å². The fraction of sp³-hybridized carbons (Fsp3) is 0.429. The van der Waals surface area contributed by atoms with E-state index >= 15 is 0 Å². The third-order valence-electron chi connectivity index (χ3n) is 1.16. The van der Waals surface area contributed by atoms with Crippen molar-refractivity contribution < 1.29 is 4.79 Å². The van der Waals surface area contributed by atoms with E-state index in [2.05, 4.69) is 4.98 Å². The van der Waals surface area contributed by atoms with Gasteiger partial charge >= 0.3 is 0 Å². The van der Waals surface area contributed by atoms with Crippen LogP contribution in [0.15, 0.2) is 5.38 Å². The second-order valence-electron chi connectivity index (χ2n) is 2.23. The summed E-state index contributed by atoms with van der Waals surface area (Å²) in [5.41, 5.74) is 0.965. The lowest BCUT2D eigenvalue weighted by Gasteiger charge is -1.89. The molecule has 0 saturated heterocycles. The number of thiazole rings is 1. The summed E-state index contributed by atoms with van der Waals surface area (Å²) in [6, 6.07) is 0. The summed E-state index contributed by atoms with van der Waals surface area (Å²) in [5.74, 6) is 0.111. The lowest BCUT2D eigenvalue weighted by molar-refractivity contribution is -0.116. The maximum Gasteiger partial charge on any atom is 0.154 e. The van der Waals surface area contributed by atoms with E-state index in [4.69, 9.17) is 11.6 Å². The summed E-state index contributed by atoms with van der Waals surface area (Å²) in [7, 11) is 0. The van der Waals surface area contributed by atoms with Gasteiger partial charge in [-0.15, -0.1) is 22.9 Å². The van der Waals surface area contributed by atoms with Gasteiger partial charge in [0.25, 0.3) is 0 Å². The Morgan fingerprint density at radius 1 is 1.82 bits per heavy atom. The second kappa shape index (κ2) is 3.83. The first-order valence-corrected chi connectivity index (χ1v) is 4.62. The zero-order chi connectivity index (χ0) is 8.27. The first-order chi connectivity index (χ1) is 5.22. The predicted molar refractivity (Wildman–Crippen MR) is 46.3 cm³/mol. The number of carbonyl (C=O) groups excluding carboxylic acids is 1. The predicted octanol–water partition coefficient (Wildman–Crippen LogP) is 1.80. The second-order valence-corrected chi connectivity index (χ2v) is 3.44. The van der Waals surface area contributed by atoms with Crippen LogP contribution in [0.3, 0.4) is 0 Å². The van der Waals surface area contributed by atoms with Crippen LogP contribution in [0.4, 0.5) is 0 Å². The molecule has 0 unspecified atom stereocenters. The largest absolute Gasteiger partial charge is 0.298 e. The Balaban J connectivity index is 2.57. The Kier molecular flexibility index (Phi) is 3.02. The number of Topliss-reactive ketones (excluding diaryl/α,β-unsaturated/α-hetero) is 1. The molecule has 2 nitrogen and oxygen atoms in total. The number of rotatable bonds is 3. The Bertz CT molecular complexity index is 259. The number of ketones is 1. The van der Waals surface area contributed by atoms with Gasteiger partial charge in [0.2, 0.25) is 0 Å². The normalized spacial score (nSPS) is 10.0. The molecule has 0 amide bonds. The van der Waals surface area contributed by atoms with Crippen LogP contribution >= 0.6 is 22.9 Å². The molecule has 4 heteroatoms. The highest BCUT2D eigenvalue weighted by Crippen LogP contribution is 2.09. The highest BCUT2D eigenvalue weighted by atomic mass is 35.5. The van der Waals surface area contributed by atoms with E-state index in [9.17, 15) is 4.79 Å². The maximum absolute atomic E-state index is 10.8. The van der Waals surface area contributed by atoms with Gasteiger partial charge in [0, 0.05) is 11.1 Å². The molecule has 1 aromatic rings. The van der Waals surface area contributed by atoms with Crippen LogP contribution in [0.2, 0.25) is 0 Å². The molecule has 0 spiro atoms. The summed E-state index contributed by atoms with van der Waals surface area (Å²) >= 11 is 6.84. The van der Waals surface area contributed by atoms with Crippen molar-refractivity contribution >= 4 is 28.7 Å². The molecule has 60 valence electrons. The van der Waals surface area contributed by atoms with Crippen LogP contribution in [0.25, 0.3) is 0 Å². The van der Waals surface area contributed by atoms with Crippen molar-refractivity contribution in [2.45, 2.75) is 13.3 Å². The molecule has 0 aliphatic heterocycles. The van der Waals surface area contributed by atoms with Crippen molar-refractivity contribution in [3.05, 3.63) is 16.1 Å². The standard InChI is InChI=1S/C7H8ClNOS/c1-5-4-11-7(9-5)2-6(10)3-8/h4H,2-3H2,1H3. The van der Waals surface area contributed by atoms with Gasteiger partial charge in [0.15, 0.2) is 5.78 Å². The van der Waals surface area contributed by atoms with Gasteiger partial charge < -0.3 is 0 Å². The minimum absolute atomic E-state index is 0.0287. The van der Waals surface area contributed by atoms with Crippen molar-refractivity contribution in [1.29, 1.82) is 0 Å². The SMILES string of the molecule is Cc1csc(CC(=O)CCl)n1. The number of carbonyl (C=O) groups is 1. The zero-order valence-electron chi connectivity index (χ0n) is 6.13. The number of aromatic nitrogens is 1. The van der Waals surface area contributed by atoms with Gasteiger partial charge in [-0.3, -0.25) is 4.79 Å². The molecule has 0 bridgehead atoms. The minimum Gasteiger partial charge on any atom is -0.298 e. The Morgan fingerprint density at radius 3 is 3.00 bits per heavy atom. The fourth-order valence-electron chi connectivity index (χ4n) is 0.700. The van der Waals surface area contributed by atoms with E-state index in [1.165, 1.54) is 11.3 Å². The molecule has 0 aliphatic carbocycles. The number of nitrogens with zero attached hydrogens (tertiary/aromatic N) is 1. The monoisotopic (exact) mass is 189 g/mol. The van der Waals surface area contributed by atoms with Crippen LogP contribution in [-0.4, -0.2) is 16.6 Å². The topological polar surface area (TPSA) is 30.0 Å². The molecular formula is C7H8ClNOS. The molecule has 0 aliphatic rings. The highest BCUT2D eigenvalue weighted by Gasteiger charge is 2.04. The fourth-order valence-corrected chi connectivity index (χ4v) is 1.59. The van der Waals surface area contributed by atoms with Crippen molar-refractivity contribution in [2.75, 3.05) is 5.88 Å². The van der Waals surface area contributed by atoms with Gasteiger partial charge in [-0.05, 0) is 6.92 Å². The van der Waals surface area contributed by atoms with Gasteiger partial charge in [-0.25, -0.2) is 4.98 Å². The van der Waals surface area contributed by atoms with E-state index < -0.39 is 0 Å². The van der Waals surface area contributed by atoms with Crippen LogP contribution in [-0.2, 0) is 11.2 Å². The number of alkyl halides is 1. The Labute approximate surface area is 74.2 Å². The third kappa shape index (κ3) is 2.60.